The van der Waals surface area contributed by atoms with Crippen LogP contribution in [0, 0.1) is 12.3 Å². The lowest BCUT2D eigenvalue weighted by Crippen LogP contribution is -2.52. The fourth-order valence-electron chi connectivity index (χ4n) is 3.60. The molecule has 2 aromatic rings. The van der Waals surface area contributed by atoms with Crippen molar-refractivity contribution in [1.29, 1.82) is 0 Å². The molecule has 0 radical (unpaired) electrons. The molecule has 0 spiro atoms. The Morgan fingerprint density at radius 1 is 1.17 bits per heavy atom. The quantitative estimate of drug-likeness (QED) is 0.703. The fourth-order valence-corrected chi connectivity index (χ4v) is 4.06. The summed E-state index contributed by atoms with van der Waals surface area (Å²) in [5.41, 5.74) is 2.47. The van der Waals surface area contributed by atoms with E-state index in [2.05, 4.69) is 10.6 Å². The maximum Gasteiger partial charge on any atom is 0.321 e. The number of benzene rings is 2. The normalized spacial score (nSPS) is 18.9. The zero-order valence-electron chi connectivity index (χ0n) is 17.3. The summed E-state index contributed by atoms with van der Waals surface area (Å²) in [6.07, 6.45) is 3.59. The van der Waals surface area contributed by atoms with E-state index in [1.807, 2.05) is 68.6 Å². The molecule has 1 saturated heterocycles. The third-order valence-electron chi connectivity index (χ3n) is 5.43. The number of thioether (sulfide) groups is 1. The number of carbonyl (C=O) groups is 2. The van der Waals surface area contributed by atoms with E-state index in [1.165, 1.54) is 5.56 Å². The van der Waals surface area contributed by atoms with Crippen molar-refractivity contribution in [1.82, 2.24) is 10.2 Å². The number of likely N-dealkylation sites (tertiary alicyclic amines) is 1. The summed E-state index contributed by atoms with van der Waals surface area (Å²) in [6, 6.07) is 15.8. The molecule has 5 nitrogen and oxygen atoms in total. The molecular weight excluding hydrogens is 382 g/mol. The first kappa shape index (κ1) is 21.2. The van der Waals surface area contributed by atoms with Crippen molar-refractivity contribution >= 4 is 29.4 Å². The topological polar surface area (TPSA) is 61.4 Å². The largest absolute Gasteiger partial charge is 0.351 e. The molecule has 3 amide bonds. The van der Waals surface area contributed by atoms with Gasteiger partial charge in [-0.1, -0.05) is 35.9 Å². The van der Waals surface area contributed by atoms with E-state index < -0.39 is 5.41 Å². The average molecular weight is 412 g/mol. The zero-order valence-corrected chi connectivity index (χ0v) is 18.1. The number of nitrogens with one attached hydrogen (secondary N) is 2. The van der Waals surface area contributed by atoms with Crippen LogP contribution in [-0.2, 0) is 11.3 Å². The number of amides is 3. The van der Waals surface area contributed by atoms with Gasteiger partial charge in [-0.2, -0.15) is 0 Å². The zero-order chi connectivity index (χ0) is 20.9. The van der Waals surface area contributed by atoms with Crippen LogP contribution in [-0.4, -0.2) is 36.2 Å². The van der Waals surface area contributed by atoms with Gasteiger partial charge < -0.3 is 15.5 Å². The lowest BCUT2D eigenvalue weighted by atomic mass is 9.81. The van der Waals surface area contributed by atoms with Crippen LogP contribution >= 0.6 is 11.8 Å². The van der Waals surface area contributed by atoms with Crippen LogP contribution in [0.2, 0.25) is 0 Å². The molecule has 2 aromatic carbocycles. The number of urea groups is 1. The fraction of sp³-hybridized carbons (Fsp3) is 0.391. The first-order valence-electron chi connectivity index (χ1n) is 9.93. The van der Waals surface area contributed by atoms with Crippen LogP contribution in [0.1, 0.15) is 30.9 Å². The summed E-state index contributed by atoms with van der Waals surface area (Å²) in [4.78, 5) is 28.5. The Morgan fingerprint density at radius 3 is 2.66 bits per heavy atom. The highest BCUT2D eigenvalue weighted by Gasteiger charge is 2.39. The molecule has 3 rings (SSSR count). The standard InChI is InChI=1S/C23H29N3O2S/c1-17-8-10-18(11-9-17)15-24-21(27)23(2)12-5-13-26(16-23)22(28)25-19-6-4-7-20(14-19)29-3/h4,6-11,14H,5,12-13,15-16H2,1-3H3,(H,24,27)(H,25,28). The molecule has 1 fully saturated rings. The lowest BCUT2D eigenvalue weighted by molar-refractivity contribution is -0.132. The Morgan fingerprint density at radius 2 is 1.93 bits per heavy atom. The van der Waals surface area contributed by atoms with E-state index in [4.69, 9.17) is 0 Å². The second-order valence-corrected chi connectivity index (χ2v) is 8.80. The summed E-state index contributed by atoms with van der Waals surface area (Å²) in [7, 11) is 0. The van der Waals surface area contributed by atoms with Gasteiger partial charge in [0.15, 0.2) is 0 Å². The van der Waals surface area contributed by atoms with Crippen LogP contribution in [0.3, 0.4) is 0 Å². The van der Waals surface area contributed by atoms with Gasteiger partial charge in [0.25, 0.3) is 0 Å². The van der Waals surface area contributed by atoms with E-state index in [9.17, 15) is 9.59 Å². The second-order valence-electron chi connectivity index (χ2n) is 7.92. The van der Waals surface area contributed by atoms with Crippen LogP contribution in [0.15, 0.2) is 53.4 Å². The minimum atomic E-state index is -0.582. The molecule has 154 valence electrons. The number of rotatable bonds is 5. The number of nitrogens with zero attached hydrogens (tertiary/aromatic N) is 1. The third-order valence-corrected chi connectivity index (χ3v) is 6.15. The molecule has 0 saturated carbocycles. The van der Waals surface area contributed by atoms with E-state index in [0.29, 0.717) is 19.6 Å². The summed E-state index contributed by atoms with van der Waals surface area (Å²) in [5.74, 6) is -0.0000413. The summed E-state index contributed by atoms with van der Waals surface area (Å²) >= 11 is 1.64. The first-order valence-corrected chi connectivity index (χ1v) is 11.2. The molecule has 0 aromatic heterocycles. The molecule has 1 aliphatic heterocycles. The van der Waals surface area contributed by atoms with Crippen LogP contribution in [0.4, 0.5) is 10.5 Å². The van der Waals surface area contributed by atoms with E-state index in [-0.39, 0.29) is 11.9 Å². The highest BCUT2D eigenvalue weighted by Crippen LogP contribution is 2.30. The maximum atomic E-state index is 12.9. The van der Waals surface area contributed by atoms with Gasteiger partial charge in [0.2, 0.25) is 5.91 Å². The van der Waals surface area contributed by atoms with E-state index >= 15 is 0 Å². The van der Waals surface area contributed by atoms with Crippen molar-refractivity contribution in [3.05, 3.63) is 59.7 Å². The first-order chi connectivity index (χ1) is 13.9. The van der Waals surface area contributed by atoms with Crippen molar-refractivity contribution < 1.29 is 9.59 Å². The monoisotopic (exact) mass is 411 g/mol. The highest BCUT2D eigenvalue weighted by molar-refractivity contribution is 7.98. The van der Waals surface area contributed by atoms with E-state index in [0.717, 1.165) is 29.0 Å². The molecule has 29 heavy (non-hydrogen) atoms. The Labute approximate surface area is 177 Å². The van der Waals surface area contributed by atoms with Crippen molar-refractivity contribution in [3.63, 3.8) is 0 Å². The molecule has 1 heterocycles. The second kappa shape index (κ2) is 9.35. The minimum absolute atomic E-state index is 0.0000413. The Bertz CT molecular complexity index is 869. The highest BCUT2D eigenvalue weighted by atomic mass is 32.2. The minimum Gasteiger partial charge on any atom is -0.351 e. The Hall–Kier alpha value is -2.47. The molecule has 1 unspecified atom stereocenters. The van der Waals surface area contributed by atoms with Gasteiger partial charge in [0, 0.05) is 30.2 Å². The predicted octanol–water partition coefficient (Wildman–Crippen LogP) is 4.67. The predicted molar refractivity (Wildman–Crippen MR) is 119 cm³/mol. The number of piperidine rings is 1. The Balaban J connectivity index is 1.59. The third kappa shape index (κ3) is 5.54. The van der Waals surface area contributed by atoms with Crippen LogP contribution in [0.25, 0.3) is 0 Å². The van der Waals surface area contributed by atoms with E-state index in [1.54, 1.807) is 16.7 Å². The molecule has 6 heteroatoms. The van der Waals surface area contributed by atoms with Gasteiger partial charge in [-0.3, -0.25) is 4.79 Å². The van der Waals surface area contributed by atoms with Crippen molar-refractivity contribution in [2.45, 2.75) is 38.1 Å². The smallest absolute Gasteiger partial charge is 0.321 e. The van der Waals surface area contributed by atoms with Gasteiger partial charge >= 0.3 is 6.03 Å². The molecule has 0 aliphatic carbocycles. The number of carbonyl (C=O) groups excluding carboxylic acids is 2. The SMILES string of the molecule is CSc1cccc(NC(=O)N2CCCC(C)(C(=O)NCc3ccc(C)cc3)C2)c1. The molecular formula is C23H29N3O2S. The molecule has 1 aliphatic rings. The van der Waals surface area contributed by atoms with Crippen LogP contribution < -0.4 is 10.6 Å². The molecule has 2 N–H and O–H groups in total. The lowest BCUT2D eigenvalue weighted by Gasteiger charge is -2.39. The van der Waals surface area contributed by atoms with Gasteiger partial charge in [-0.05, 0) is 56.7 Å². The summed E-state index contributed by atoms with van der Waals surface area (Å²) < 4.78 is 0. The van der Waals surface area contributed by atoms with Crippen molar-refractivity contribution in [2.24, 2.45) is 5.41 Å². The van der Waals surface area contributed by atoms with Gasteiger partial charge in [-0.25, -0.2) is 4.79 Å². The summed E-state index contributed by atoms with van der Waals surface area (Å²) in [6.45, 7) is 5.58. The molecule has 1 atom stereocenters. The number of hydrogen-bond donors (Lipinski definition) is 2. The van der Waals surface area contributed by atoms with Crippen LogP contribution in [0.5, 0.6) is 0 Å². The van der Waals surface area contributed by atoms with Crippen molar-refractivity contribution in [2.75, 3.05) is 24.7 Å². The number of anilines is 1. The number of hydrogen-bond acceptors (Lipinski definition) is 3. The maximum absolute atomic E-state index is 12.9. The van der Waals surface area contributed by atoms with Gasteiger partial charge in [0.05, 0.1) is 5.41 Å². The van der Waals surface area contributed by atoms with Gasteiger partial charge in [-0.15, -0.1) is 11.8 Å². The average Bonchev–Trinajstić information content (AvgIpc) is 2.73. The van der Waals surface area contributed by atoms with Gasteiger partial charge in [0.1, 0.15) is 0 Å². The number of aryl methyl sites for hydroxylation is 1. The molecule has 0 bridgehead atoms. The Kier molecular flexibility index (Phi) is 6.85. The van der Waals surface area contributed by atoms with Crippen molar-refractivity contribution in [3.8, 4) is 0 Å². The summed E-state index contributed by atoms with van der Waals surface area (Å²) in [5, 5.41) is 6.02.